The summed E-state index contributed by atoms with van der Waals surface area (Å²) in [6.07, 6.45) is 58.0. The molecule has 1 atom stereocenters. The second-order valence-electron chi connectivity index (χ2n) is 20.8. The summed E-state index contributed by atoms with van der Waals surface area (Å²) in [6.45, 7) is 9.07. The van der Waals surface area contributed by atoms with Crippen LogP contribution in [0, 0.1) is 5.92 Å². The SMILES string of the molecule is CCCCCCCCCCCCCCCCCCC(=O)OC[C@@H](COC(=O)CCCCCCCCCCCCCCCCC)OC(=O)CCCCCCCCCCCCCCCC(C)C. The molecular weight excluding hydrogens is 805 g/mol. The van der Waals surface area contributed by atoms with Gasteiger partial charge in [0.05, 0.1) is 0 Å². The van der Waals surface area contributed by atoms with Crippen LogP contribution in [0.5, 0.6) is 0 Å². The van der Waals surface area contributed by atoms with Gasteiger partial charge in [-0.2, -0.15) is 0 Å². The molecule has 0 radical (unpaired) electrons. The minimum absolute atomic E-state index is 0.0617. The molecule has 6 nitrogen and oxygen atoms in total. The maximum Gasteiger partial charge on any atom is 0.306 e. The van der Waals surface area contributed by atoms with Crippen LogP contribution in [0.1, 0.15) is 336 Å². The van der Waals surface area contributed by atoms with Gasteiger partial charge in [-0.25, -0.2) is 0 Å². The summed E-state index contributed by atoms with van der Waals surface area (Å²) in [5, 5.41) is 0. The zero-order chi connectivity index (χ0) is 47.4. The van der Waals surface area contributed by atoms with Gasteiger partial charge in [0.2, 0.25) is 0 Å². The number of carbonyl (C=O) groups excluding carboxylic acids is 3. The Morgan fingerprint density at radius 2 is 0.508 bits per heavy atom. The second-order valence-corrected chi connectivity index (χ2v) is 20.8. The van der Waals surface area contributed by atoms with E-state index >= 15 is 0 Å². The first-order chi connectivity index (χ1) is 31.9. The Hall–Kier alpha value is -1.59. The summed E-state index contributed by atoms with van der Waals surface area (Å²) in [7, 11) is 0. The van der Waals surface area contributed by atoms with E-state index in [0.717, 1.165) is 63.7 Å². The highest BCUT2D eigenvalue weighted by atomic mass is 16.6. The summed E-state index contributed by atoms with van der Waals surface area (Å²) < 4.78 is 16.9. The van der Waals surface area contributed by atoms with Crippen LogP contribution in [0.2, 0.25) is 0 Å². The smallest absolute Gasteiger partial charge is 0.306 e. The van der Waals surface area contributed by atoms with Crippen molar-refractivity contribution in [1.82, 2.24) is 0 Å². The van der Waals surface area contributed by atoms with Crippen molar-refractivity contribution in [1.29, 1.82) is 0 Å². The van der Waals surface area contributed by atoms with Crippen LogP contribution >= 0.6 is 0 Å². The predicted octanol–water partition coefficient (Wildman–Crippen LogP) is 19.4. The van der Waals surface area contributed by atoms with Crippen molar-refractivity contribution in [2.75, 3.05) is 13.2 Å². The maximum absolute atomic E-state index is 12.9. The topological polar surface area (TPSA) is 78.9 Å². The summed E-state index contributed by atoms with van der Waals surface area (Å²) >= 11 is 0. The van der Waals surface area contributed by atoms with E-state index in [4.69, 9.17) is 14.2 Å². The molecule has 0 amide bonds. The van der Waals surface area contributed by atoms with Crippen LogP contribution in [0.25, 0.3) is 0 Å². The average Bonchev–Trinajstić information content (AvgIpc) is 3.29. The molecule has 0 aromatic carbocycles. The molecule has 0 N–H and O–H groups in total. The van der Waals surface area contributed by atoms with Crippen LogP contribution in [0.15, 0.2) is 0 Å². The van der Waals surface area contributed by atoms with Crippen LogP contribution in [-0.2, 0) is 28.6 Å². The van der Waals surface area contributed by atoms with Crippen LogP contribution in [0.4, 0.5) is 0 Å². The Morgan fingerprint density at radius 3 is 0.754 bits per heavy atom. The maximum atomic E-state index is 12.9. The standard InChI is InChI=1S/C59H114O6/c1-5-7-9-11-13-15-17-19-21-23-27-31-35-39-43-47-51-58(61)64-54-56(53-63-57(60)50-46-42-38-34-30-26-22-20-18-16-14-12-10-8-6-2)65-59(62)52-48-44-40-36-32-28-24-25-29-33-37-41-45-49-55(3)4/h55-56H,5-54H2,1-4H3/t56-/m1/s1. The first-order valence-corrected chi connectivity index (χ1v) is 29.4. The zero-order valence-corrected chi connectivity index (χ0v) is 44.5. The van der Waals surface area contributed by atoms with Crippen LogP contribution in [0.3, 0.4) is 0 Å². The normalized spacial score (nSPS) is 12.0. The second kappa shape index (κ2) is 53.4. The van der Waals surface area contributed by atoms with E-state index < -0.39 is 6.10 Å². The third-order valence-electron chi connectivity index (χ3n) is 13.5. The highest BCUT2D eigenvalue weighted by molar-refractivity contribution is 5.71. The van der Waals surface area contributed by atoms with Gasteiger partial charge in [-0.05, 0) is 25.2 Å². The van der Waals surface area contributed by atoms with Gasteiger partial charge in [-0.15, -0.1) is 0 Å². The first-order valence-electron chi connectivity index (χ1n) is 29.4. The van der Waals surface area contributed by atoms with Crippen molar-refractivity contribution < 1.29 is 28.6 Å². The van der Waals surface area contributed by atoms with Crippen molar-refractivity contribution in [3.8, 4) is 0 Å². The van der Waals surface area contributed by atoms with Crippen LogP contribution < -0.4 is 0 Å². The average molecular weight is 920 g/mol. The van der Waals surface area contributed by atoms with E-state index in [-0.39, 0.29) is 31.1 Å². The molecule has 65 heavy (non-hydrogen) atoms. The number of unbranched alkanes of at least 4 members (excludes halogenated alkanes) is 41. The van der Waals surface area contributed by atoms with Gasteiger partial charge < -0.3 is 14.2 Å². The molecule has 0 heterocycles. The van der Waals surface area contributed by atoms with E-state index in [1.54, 1.807) is 0 Å². The van der Waals surface area contributed by atoms with Crippen molar-refractivity contribution in [3.05, 3.63) is 0 Å². The molecule has 0 unspecified atom stereocenters. The molecule has 0 aromatic rings. The van der Waals surface area contributed by atoms with E-state index in [0.29, 0.717) is 19.3 Å². The largest absolute Gasteiger partial charge is 0.462 e. The van der Waals surface area contributed by atoms with Gasteiger partial charge in [0.1, 0.15) is 13.2 Å². The number of hydrogen-bond donors (Lipinski definition) is 0. The quantitative estimate of drug-likeness (QED) is 0.0344. The Labute approximate surface area is 406 Å². The minimum Gasteiger partial charge on any atom is -0.462 e. The molecule has 0 fully saturated rings. The molecule has 0 saturated carbocycles. The van der Waals surface area contributed by atoms with Crippen molar-refractivity contribution in [3.63, 3.8) is 0 Å². The van der Waals surface area contributed by atoms with Gasteiger partial charge >= 0.3 is 17.9 Å². The van der Waals surface area contributed by atoms with Crippen LogP contribution in [-0.4, -0.2) is 37.2 Å². The fourth-order valence-corrected chi connectivity index (χ4v) is 9.10. The van der Waals surface area contributed by atoms with Gasteiger partial charge in [-0.1, -0.05) is 297 Å². The predicted molar refractivity (Wildman–Crippen MR) is 280 cm³/mol. The van der Waals surface area contributed by atoms with Gasteiger partial charge in [0.25, 0.3) is 0 Å². The van der Waals surface area contributed by atoms with Gasteiger partial charge in [-0.3, -0.25) is 14.4 Å². The number of esters is 3. The molecule has 0 aromatic heterocycles. The molecule has 0 aliphatic heterocycles. The third-order valence-corrected chi connectivity index (χ3v) is 13.5. The summed E-state index contributed by atoms with van der Waals surface area (Å²) in [5.41, 5.74) is 0. The Morgan fingerprint density at radius 1 is 0.292 bits per heavy atom. The van der Waals surface area contributed by atoms with Gasteiger partial charge in [0.15, 0.2) is 6.10 Å². The van der Waals surface area contributed by atoms with E-state index in [1.165, 1.54) is 231 Å². The summed E-state index contributed by atoms with van der Waals surface area (Å²) in [5.74, 6) is 0.00475. The monoisotopic (exact) mass is 919 g/mol. The lowest BCUT2D eigenvalue weighted by Gasteiger charge is -2.18. The molecule has 0 spiro atoms. The number of rotatable bonds is 54. The zero-order valence-electron chi connectivity index (χ0n) is 44.5. The van der Waals surface area contributed by atoms with E-state index in [1.807, 2.05) is 0 Å². The lowest BCUT2D eigenvalue weighted by atomic mass is 10.0. The van der Waals surface area contributed by atoms with E-state index in [2.05, 4.69) is 27.7 Å². The lowest BCUT2D eigenvalue weighted by Crippen LogP contribution is -2.30. The number of hydrogen-bond acceptors (Lipinski definition) is 6. The fraction of sp³-hybridized carbons (Fsp3) is 0.949. The van der Waals surface area contributed by atoms with Gasteiger partial charge in [0, 0.05) is 19.3 Å². The van der Waals surface area contributed by atoms with Crippen molar-refractivity contribution in [2.45, 2.75) is 342 Å². The van der Waals surface area contributed by atoms with Crippen molar-refractivity contribution >= 4 is 17.9 Å². The molecule has 0 aliphatic carbocycles. The molecule has 6 heteroatoms. The first kappa shape index (κ1) is 63.4. The minimum atomic E-state index is -0.762. The number of carbonyl (C=O) groups is 3. The van der Waals surface area contributed by atoms with E-state index in [9.17, 15) is 14.4 Å². The summed E-state index contributed by atoms with van der Waals surface area (Å²) in [4.78, 5) is 38.2. The Balaban J connectivity index is 4.30. The summed E-state index contributed by atoms with van der Waals surface area (Å²) in [6, 6.07) is 0. The number of ether oxygens (including phenoxy) is 3. The molecule has 0 aliphatic rings. The third kappa shape index (κ3) is 53.2. The highest BCUT2D eigenvalue weighted by Gasteiger charge is 2.19. The van der Waals surface area contributed by atoms with Crippen molar-refractivity contribution in [2.24, 2.45) is 5.92 Å². The lowest BCUT2D eigenvalue weighted by molar-refractivity contribution is -0.167. The molecule has 0 saturated heterocycles. The molecule has 0 rings (SSSR count). The molecule has 386 valence electrons. The highest BCUT2D eigenvalue weighted by Crippen LogP contribution is 2.18. The molecular formula is C59H114O6. The molecule has 0 bridgehead atoms. The fourth-order valence-electron chi connectivity index (χ4n) is 9.10. The Bertz CT molecular complexity index is 980. The Kier molecular flexibility index (Phi) is 52.1.